The maximum atomic E-state index is 12.2. The van der Waals surface area contributed by atoms with Crippen molar-refractivity contribution < 1.29 is 9.53 Å². The fraction of sp³-hybridized carbons (Fsp3) is 0.105. The fourth-order valence-corrected chi connectivity index (χ4v) is 2.61. The quantitative estimate of drug-likeness (QED) is 0.695. The molecule has 0 aliphatic carbocycles. The van der Waals surface area contributed by atoms with Gasteiger partial charge in [0.05, 0.1) is 12.8 Å². The number of halogens is 1. The van der Waals surface area contributed by atoms with E-state index in [1.807, 2.05) is 36.4 Å². The lowest BCUT2D eigenvalue weighted by atomic mass is 10.1. The summed E-state index contributed by atoms with van der Waals surface area (Å²) in [5, 5.41) is 7.03. The predicted molar refractivity (Wildman–Crippen MR) is 103 cm³/mol. The number of hydrogen-bond donors (Lipinski definition) is 1. The van der Waals surface area contributed by atoms with Crippen LogP contribution in [0.15, 0.2) is 69.9 Å². The van der Waals surface area contributed by atoms with Crippen molar-refractivity contribution in [3.8, 4) is 17.0 Å². The molecule has 6 nitrogen and oxygen atoms in total. The Labute approximate surface area is 158 Å². The van der Waals surface area contributed by atoms with Gasteiger partial charge in [-0.15, -0.1) is 0 Å². The van der Waals surface area contributed by atoms with Gasteiger partial charge in [-0.25, -0.2) is 4.68 Å². The Hall–Kier alpha value is -2.93. The minimum Gasteiger partial charge on any atom is -0.497 e. The molecule has 26 heavy (non-hydrogen) atoms. The maximum absolute atomic E-state index is 12.2. The Morgan fingerprint density at radius 2 is 1.77 bits per heavy atom. The van der Waals surface area contributed by atoms with Gasteiger partial charge in [0.1, 0.15) is 12.3 Å². The molecule has 0 unspecified atom stereocenters. The molecular formula is C19H16BrN3O3. The van der Waals surface area contributed by atoms with Gasteiger partial charge < -0.3 is 10.1 Å². The van der Waals surface area contributed by atoms with E-state index in [4.69, 9.17) is 4.74 Å². The van der Waals surface area contributed by atoms with Gasteiger partial charge in [-0.3, -0.25) is 9.59 Å². The molecule has 0 aliphatic heterocycles. The Kier molecular flexibility index (Phi) is 5.48. The molecule has 7 heteroatoms. The zero-order chi connectivity index (χ0) is 18.5. The molecule has 0 bridgehead atoms. The number of hydrogen-bond acceptors (Lipinski definition) is 4. The zero-order valence-electron chi connectivity index (χ0n) is 14.0. The molecule has 1 N–H and O–H groups in total. The molecule has 0 saturated carbocycles. The van der Waals surface area contributed by atoms with Crippen molar-refractivity contribution in [3.05, 3.63) is 75.5 Å². The normalized spacial score (nSPS) is 10.4. The van der Waals surface area contributed by atoms with Crippen molar-refractivity contribution in [1.82, 2.24) is 9.78 Å². The lowest BCUT2D eigenvalue weighted by Gasteiger charge is -2.09. The van der Waals surface area contributed by atoms with Crippen molar-refractivity contribution in [1.29, 1.82) is 0 Å². The average molecular weight is 414 g/mol. The second-order valence-corrected chi connectivity index (χ2v) is 6.41. The minimum atomic E-state index is -0.340. The van der Waals surface area contributed by atoms with E-state index < -0.39 is 0 Å². The highest BCUT2D eigenvalue weighted by molar-refractivity contribution is 9.10. The first kappa shape index (κ1) is 17.9. The lowest BCUT2D eigenvalue weighted by Crippen LogP contribution is -2.29. The molecule has 1 heterocycles. The van der Waals surface area contributed by atoms with Crippen molar-refractivity contribution in [2.75, 3.05) is 12.4 Å². The van der Waals surface area contributed by atoms with Crippen LogP contribution in [-0.2, 0) is 11.3 Å². The van der Waals surface area contributed by atoms with Crippen LogP contribution in [-0.4, -0.2) is 22.8 Å². The largest absolute Gasteiger partial charge is 0.497 e. The first-order valence-electron chi connectivity index (χ1n) is 7.83. The molecular weight excluding hydrogens is 398 g/mol. The summed E-state index contributed by atoms with van der Waals surface area (Å²) in [5.74, 6) is 0.407. The summed E-state index contributed by atoms with van der Waals surface area (Å²) in [6.45, 7) is -0.168. The minimum absolute atomic E-state index is 0.168. The summed E-state index contributed by atoms with van der Waals surface area (Å²) >= 11 is 3.34. The topological polar surface area (TPSA) is 73.2 Å². The standard InChI is InChI=1S/C19H16BrN3O3/c1-26-16-8-2-13(3-9-16)17-10-11-19(25)23(22-17)12-18(24)21-15-6-4-14(20)5-7-15/h2-11H,12H2,1H3,(H,21,24). The molecule has 1 aromatic heterocycles. The Balaban J connectivity index is 1.77. The number of aromatic nitrogens is 2. The summed E-state index contributed by atoms with van der Waals surface area (Å²) < 4.78 is 7.20. The van der Waals surface area contributed by atoms with Crippen molar-refractivity contribution >= 4 is 27.5 Å². The Bertz CT molecular complexity index is 967. The van der Waals surface area contributed by atoms with Crippen LogP contribution in [0.2, 0.25) is 0 Å². The Morgan fingerprint density at radius 3 is 2.42 bits per heavy atom. The molecule has 1 amide bonds. The van der Waals surface area contributed by atoms with E-state index in [0.29, 0.717) is 11.4 Å². The van der Waals surface area contributed by atoms with E-state index in [2.05, 4.69) is 26.3 Å². The molecule has 3 aromatic rings. The second kappa shape index (κ2) is 7.97. The zero-order valence-corrected chi connectivity index (χ0v) is 15.6. The van der Waals surface area contributed by atoms with E-state index in [9.17, 15) is 9.59 Å². The van der Waals surface area contributed by atoms with Crippen LogP contribution in [0, 0.1) is 0 Å². The highest BCUT2D eigenvalue weighted by Crippen LogP contribution is 2.19. The number of nitrogens with one attached hydrogen (secondary N) is 1. The fourth-order valence-electron chi connectivity index (χ4n) is 2.35. The molecule has 0 spiro atoms. The maximum Gasteiger partial charge on any atom is 0.267 e. The molecule has 0 fully saturated rings. The predicted octanol–water partition coefficient (Wildman–Crippen LogP) is 3.32. The third-order valence-corrected chi connectivity index (χ3v) is 4.20. The summed E-state index contributed by atoms with van der Waals surface area (Å²) in [4.78, 5) is 24.2. The number of rotatable bonds is 5. The van der Waals surface area contributed by atoms with Crippen molar-refractivity contribution in [2.24, 2.45) is 0 Å². The van der Waals surface area contributed by atoms with Gasteiger partial charge in [-0.2, -0.15) is 5.10 Å². The molecule has 0 radical (unpaired) electrons. The number of methoxy groups -OCH3 is 1. The smallest absolute Gasteiger partial charge is 0.267 e. The highest BCUT2D eigenvalue weighted by Gasteiger charge is 2.09. The summed E-state index contributed by atoms with van der Waals surface area (Å²) in [5.41, 5.74) is 1.74. The van der Waals surface area contributed by atoms with E-state index in [1.54, 1.807) is 25.3 Å². The van der Waals surface area contributed by atoms with Crippen LogP contribution >= 0.6 is 15.9 Å². The number of nitrogens with zero attached hydrogens (tertiary/aromatic N) is 2. The third kappa shape index (κ3) is 4.37. The van der Waals surface area contributed by atoms with E-state index in [1.165, 1.54) is 6.07 Å². The van der Waals surface area contributed by atoms with Gasteiger partial charge in [-0.05, 0) is 54.6 Å². The third-order valence-electron chi connectivity index (χ3n) is 3.67. The van der Waals surface area contributed by atoms with E-state index >= 15 is 0 Å². The number of anilines is 1. The number of benzene rings is 2. The number of carbonyl (C=O) groups is 1. The van der Waals surface area contributed by atoms with Gasteiger partial charge in [0, 0.05) is 21.8 Å². The van der Waals surface area contributed by atoms with Crippen LogP contribution in [0.5, 0.6) is 5.75 Å². The lowest BCUT2D eigenvalue weighted by molar-refractivity contribution is -0.117. The number of carbonyl (C=O) groups excluding carboxylic acids is 1. The average Bonchev–Trinajstić information content (AvgIpc) is 2.65. The first-order chi connectivity index (χ1) is 12.5. The summed E-state index contributed by atoms with van der Waals surface area (Å²) in [6, 6.07) is 17.5. The number of ether oxygens (including phenoxy) is 1. The Morgan fingerprint density at radius 1 is 1.08 bits per heavy atom. The molecule has 3 rings (SSSR count). The monoisotopic (exact) mass is 413 g/mol. The van der Waals surface area contributed by atoms with Crippen LogP contribution < -0.4 is 15.6 Å². The van der Waals surface area contributed by atoms with Crippen LogP contribution in [0.1, 0.15) is 0 Å². The van der Waals surface area contributed by atoms with Crippen LogP contribution in [0.25, 0.3) is 11.3 Å². The summed E-state index contributed by atoms with van der Waals surface area (Å²) in [7, 11) is 1.59. The summed E-state index contributed by atoms with van der Waals surface area (Å²) in [6.07, 6.45) is 0. The molecule has 0 saturated heterocycles. The number of amides is 1. The second-order valence-electron chi connectivity index (χ2n) is 5.50. The van der Waals surface area contributed by atoms with E-state index in [0.717, 1.165) is 20.5 Å². The highest BCUT2D eigenvalue weighted by atomic mass is 79.9. The van der Waals surface area contributed by atoms with Gasteiger partial charge in [0.15, 0.2) is 0 Å². The van der Waals surface area contributed by atoms with Gasteiger partial charge in [-0.1, -0.05) is 15.9 Å². The van der Waals surface area contributed by atoms with E-state index in [-0.39, 0.29) is 18.0 Å². The molecule has 132 valence electrons. The van der Waals surface area contributed by atoms with Crippen LogP contribution in [0.4, 0.5) is 5.69 Å². The first-order valence-corrected chi connectivity index (χ1v) is 8.62. The van der Waals surface area contributed by atoms with Crippen molar-refractivity contribution in [2.45, 2.75) is 6.54 Å². The molecule has 0 atom stereocenters. The van der Waals surface area contributed by atoms with Gasteiger partial charge in [0.2, 0.25) is 5.91 Å². The molecule has 2 aromatic carbocycles. The van der Waals surface area contributed by atoms with Crippen molar-refractivity contribution in [3.63, 3.8) is 0 Å². The van der Waals surface area contributed by atoms with Gasteiger partial charge >= 0.3 is 0 Å². The SMILES string of the molecule is COc1ccc(-c2ccc(=O)n(CC(=O)Nc3ccc(Br)cc3)n2)cc1. The molecule has 0 aliphatic rings. The van der Waals surface area contributed by atoms with Gasteiger partial charge in [0.25, 0.3) is 5.56 Å². The van der Waals surface area contributed by atoms with Crippen LogP contribution in [0.3, 0.4) is 0 Å².